The van der Waals surface area contributed by atoms with E-state index in [1.165, 1.54) is 5.56 Å². The third-order valence-corrected chi connectivity index (χ3v) is 4.27. The van der Waals surface area contributed by atoms with Crippen molar-refractivity contribution in [1.29, 1.82) is 0 Å². The summed E-state index contributed by atoms with van der Waals surface area (Å²) in [7, 11) is 0. The first-order valence-electron chi connectivity index (χ1n) is 7.48. The number of aliphatic carboxylic acids is 1. The van der Waals surface area contributed by atoms with E-state index in [-0.39, 0.29) is 17.4 Å². The molecule has 0 bridgehead atoms. The predicted octanol–water partition coefficient (Wildman–Crippen LogP) is 2.62. The normalized spacial score (nSPS) is 21.4. The van der Waals surface area contributed by atoms with E-state index >= 15 is 0 Å². The molecule has 0 radical (unpaired) electrons. The van der Waals surface area contributed by atoms with Crippen molar-refractivity contribution < 1.29 is 14.7 Å². The average Bonchev–Trinajstić information content (AvgIpc) is 2.35. The molecule has 1 aromatic carbocycles. The summed E-state index contributed by atoms with van der Waals surface area (Å²) >= 11 is 0. The van der Waals surface area contributed by atoms with Gasteiger partial charge in [-0.2, -0.15) is 0 Å². The number of carboxylic acid groups (broad SMARTS) is 1. The minimum absolute atomic E-state index is 0.119. The van der Waals surface area contributed by atoms with Gasteiger partial charge in [0, 0.05) is 5.54 Å². The second kappa shape index (κ2) is 6.29. The summed E-state index contributed by atoms with van der Waals surface area (Å²) in [5.74, 6) is -1.84. The Morgan fingerprint density at radius 3 is 2.33 bits per heavy atom. The molecule has 4 nitrogen and oxygen atoms in total. The highest BCUT2D eigenvalue weighted by Crippen LogP contribution is 2.35. The van der Waals surface area contributed by atoms with Crippen molar-refractivity contribution in [3.05, 3.63) is 35.9 Å². The Labute approximate surface area is 125 Å². The topological polar surface area (TPSA) is 66.4 Å². The molecule has 2 N–H and O–H groups in total. The van der Waals surface area contributed by atoms with Gasteiger partial charge in [0.25, 0.3) is 0 Å². The minimum Gasteiger partial charge on any atom is -0.481 e. The molecule has 0 aromatic heterocycles. The van der Waals surface area contributed by atoms with Gasteiger partial charge in [-0.15, -0.1) is 0 Å². The van der Waals surface area contributed by atoms with E-state index in [2.05, 4.69) is 17.4 Å². The first-order chi connectivity index (χ1) is 9.89. The Kier molecular flexibility index (Phi) is 4.66. The van der Waals surface area contributed by atoms with Crippen LogP contribution in [-0.2, 0) is 16.0 Å². The van der Waals surface area contributed by atoms with Crippen LogP contribution < -0.4 is 5.32 Å². The van der Waals surface area contributed by atoms with Gasteiger partial charge in [-0.3, -0.25) is 9.59 Å². The van der Waals surface area contributed by atoms with Gasteiger partial charge in [0.15, 0.2) is 0 Å². The zero-order valence-electron chi connectivity index (χ0n) is 12.6. The fraction of sp³-hybridized carbons (Fsp3) is 0.529. The molecule has 0 saturated heterocycles. The first-order valence-corrected chi connectivity index (χ1v) is 7.48. The molecule has 1 aromatic rings. The zero-order valence-corrected chi connectivity index (χ0v) is 12.6. The second-order valence-corrected chi connectivity index (χ2v) is 6.49. The number of amides is 1. The second-order valence-electron chi connectivity index (χ2n) is 6.49. The van der Waals surface area contributed by atoms with E-state index in [0.717, 1.165) is 12.8 Å². The van der Waals surface area contributed by atoms with Crippen LogP contribution in [0.5, 0.6) is 0 Å². The maximum Gasteiger partial charge on any atom is 0.307 e. The van der Waals surface area contributed by atoms with Crippen molar-refractivity contribution in [2.45, 2.75) is 45.1 Å². The Morgan fingerprint density at radius 2 is 1.81 bits per heavy atom. The van der Waals surface area contributed by atoms with Crippen LogP contribution >= 0.6 is 0 Å². The molecule has 114 valence electrons. The monoisotopic (exact) mass is 289 g/mol. The fourth-order valence-electron chi connectivity index (χ4n) is 2.70. The third kappa shape index (κ3) is 4.06. The standard InChI is InChI=1S/C17H23NO3/c1-17(2,11-10-12-6-4-3-5-7-12)18-15(19)13-8-9-14(13)16(20)21/h3-7,13-14H,8-11H2,1-2H3,(H,18,19)(H,20,21). The van der Waals surface area contributed by atoms with Gasteiger partial charge in [-0.25, -0.2) is 0 Å². The van der Waals surface area contributed by atoms with Gasteiger partial charge in [0.1, 0.15) is 0 Å². The van der Waals surface area contributed by atoms with E-state index in [9.17, 15) is 9.59 Å². The number of carbonyl (C=O) groups is 2. The molecule has 1 amide bonds. The van der Waals surface area contributed by atoms with Crippen molar-refractivity contribution >= 4 is 11.9 Å². The molecular formula is C17H23NO3. The van der Waals surface area contributed by atoms with Crippen molar-refractivity contribution in [3.63, 3.8) is 0 Å². The largest absolute Gasteiger partial charge is 0.481 e. The number of hydrogen-bond acceptors (Lipinski definition) is 2. The molecule has 1 saturated carbocycles. The molecule has 0 spiro atoms. The molecule has 1 aliphatic rings. The van der Waals surface area contributed by atoms with Crippen molar-refractivity contribution in [1.82, 2.24) is 5.32 Å². The van der Waals surface area contributed by atoms with Crippen molar-refractivity contribution in [2.75, 3.05) is 0 Å². The summed E-state index contributed by atoms with van der Waals surface area (Å²) in [5.41, 5.74) is 0.915. The zero-order chi connectivity index (χ0) is 15.5. The lowest BCUT2D eigenvalue weighted by Crippen LogP contribution is -2.51. The van der Waals surface area contributed by atoms with Crippen LogP contribution in [0.4, 0.5) is 0 Å². The molecule has 0 aliphatic heterocycles. The number of aryl methyl sites for hydroxylation is 1. The number of nitrogens with one attached hydrogen (secondary N) is 1. The molecule has 2 unspecified atom stereocenters. The first kappa shape index (κ1) is 15.5. The van der Waals surface area contributed by atoms with Crippen LogP contribution in [0.3, 0.4) is 0 Å². The summed E-state index contributed by atoms with van der Waals surface area (Å²) in [6.07, 6.45) is 3.00. The van der Waals surface area contributed by atoms with Gasteiger partial charge in [0.2, 0.25) is 5.91 Å². The van der Waals surface area contributed by atoms with E-state index in [0.29, 0.717) is 12.8 Å². The number of hydrogen-bond donors (Lipinski definition) is 2. The fourth-order valence-corrected chi connectivity index (χ4v) is 2.70. The van der Waals surface area contributed by atoms with E-state index < -0.39 is 11.9 Å². The van der Waals surface area contributed by atoms with Gasteiger partial charge in [0.05, 0.1) is 11.8 Å². The van der Waals surface area contributed by atoms with E-state index in [1.807, 2.05) is 32.0 Å². The number of carboxylic acids is 1. The Bertz CT molecular complexity index is 510. The molecule has 21 heavy (non-hydrogen) atoms. The Hall–Kier alpha value is -1.84. The maximum absolute atomic E-state index is 12.2. The highest BCUT2D eigenvalue weighted by Gasteiger charge is 2.42. The van der Waals surface area contributed by atoms with Gasteiger partial charge >= 0.3 is 5.97 Å². The SMILES string of the molecule is CC(C)(CCc1ccccc1)NC(=O)C1CCC1C(=O)O. The lowest BCUT2D eigenvalue weighted by atomic mass is 9.73. The van der Waals surface area contributed by atoms with Gasteiger partial charge in [-0.1, -0.05) is 30.3 Å². The molecule has 4 heteroatoms. The van der Waals surface area contributed by atoms with Crippen LogP contribution in [0, 0.1) is 11.8 Å². The molecule has 1 fully saturated rings. The van der Waals surface area contributed by atoms with Crippen LogP contribution in [0.25, 0.3) is 0 Å². The smallest absolute Gasteiger partial charge is 0.307 e. The molecular weight excluding hydrogens is 266 g/mol. The number of benzene rings is 1. The number of carbonyl (C=O) groups excluding carboxylic acids is 1. The lowest BCUT2D eigenvalue weighted by molar-refractivity contribution is -0.153. The molecule has 2 rings (SSSR count). The van der Waals surface area contributed by atoms with Crippen LogP contribution in [0.15, 0.2) is 30.3 Å². The van der Waals surface area contributed by atoms with Crippen LogP contribution in [-0.4, -0.2) is 22.5 Å². The summed E-state index contributed by atoms with van der Waals surface area (Å²) in [6, 6.07) is 10.1. The highest BCUT2D eigenvalue weighted by molar-refractivity contribution is 5.86. The molecule has 0 heterocycles. The van der Waals surface area contributed by atoms with E-state index in [4.69, 9.17) is 5.11 Å². The van der Waals surface area contributed by atoms with Crippen molar-refractivity contribution in [3.8, 4) is 0 Å². The summed E-state index contributed by atoms with van der Waals surface area (Å²) in [4.78, 5) is 23.2. The predicted molar refractivity (Wildman–Crippen MR) is 80.8 cm³/mol. The van der Waals surface area contributed by atoms with Crippen LogP contribution in [0.1, 0.15) is 38.7 Å². The van der Waals surface area contributed by atoms with Crippen LogP contribution in [0.2, 0.25) is 0 Å². The quantitative estimate of drug-likeness (QED) is 0.846. The van der Waals surface area contributed by atoms with Crippen molar-refractivity contribution in [2.24, 2.45) is 11.8 Å². The highest BCUT2D eigenvalue weighted by atomic mass is 16.4. The number of rotatable bonds is 6. The average molecular weight is 289 g/mol. The van der Waals surface area contributed by atoms with Gasteiger partial charge in [-0.05, 0) is 45.1 Å². The Morgan fingerprint density at radius 1 is 1.19 bits per heavy atom. The van der Waals surface area contributed by atoms with Gasteiger partial charge < -0.3 is 10.4 Å². The lowest BCUT2D eigenvalue weighted by Gasteiger charge is -2.35. The minimum atomic E-state index is -0.858. The molecule has 2 atom stereocenters. The van der Waals surface area contributed by atoms with E-state index in [1.54, 1.807) is 0 Å². The summed E-state index contributed by atoms with van der Waals surface area (Å²) in [6.45, 7) is 3.98. The maximum atomic E-state index is 12.2. The third-order valence-electron chi connectivity index (χ3n) is 4.27. The molecule has 1 aliphatic carbocycles. The Balaban J connectivity index is 1.85. The summed E-state index contributed by atoms with van der Waals surface area (Å²) in [5, 5.41) is 12.0. The summed E-state index contributed by atoms with van der Waals surface area (Å²) < 4.78 is 0.